The van der Waals surface area contributed by atoms with Crippen LogP contribution >= 0.6 is 24.8 Å². The van der Waals surface area contributed by atoms with Crippen LogP contribution in [0.4, 0.5) is 0 Å². The molecular formula is C25H39Cl2N5O3. The smallest absolute Gasteiger partial charge is 0.290 e. The second-order valence-corrected chi connectivity index (χ2v) is 9.61. The van der Waals surface area contributed by atoms with Gasteiger partial charge in [-0.1, -0.05) is 32.9 Å². The lowest BCUT2D eigenvalue weighted by molar-refractivity contribution is -0.140. The molecule has 0 radical (unpaired) electrons. The summed E-state index contributed by atoms with van der Waals surface area (Å²) in [4.78, 5) is 35.7. The van der Waals surface area contributed by atoms with E-state index < -0.39 is 0 Å². The van der Waals surface area contributed by atoms with Crippen molar-refractivity contribution in [3.05, 3.63) is 30.1 Å². The van der Waals surface area contributed by atoms with Crippen molar-refractivity contribution in [2.45, 2.75) is 46.2 Å². The summed E-state index contributed by atoms with van der Waals surface area (Å²) in [6.45, 7) is 11.6. The molecule has 0 spiro atoms. The molecule has 4 rings (SSSR count). The lowest BCUT2D eigenvalue weighted by Gasteiger charge is -2.40. The number of nitrogens with zero attached hydrogens (tertiary/aromatic N) is 4. The molecule has 1 aromatic heterocycles. The topological polar surface area (TPSA) is 79.7 Å². The van der Waals surface area contributed by atoms with Gasteiger partial charge in [-0.3, -0.25) is 9.59 Å². The molecular weight excluding hydrogens is 489 g/mol. The van der Waals surface area contributed by atoms with Crippen LogP contribution < -0.4 is 5.32 Å². The Morgan fingerprint density at radius 1 is 1.17 bits per heavy atom. The number of piperidine rings is 1. The number of aromatic nitrogens is 2. The minimum Gasteiger partial charge on any atom is -0.378 e. The molecule has 2 aliphatic heterocycles. The van der Waals surface area contributed by atoms with Crippen molar-refractivity contribution < 1.29 is 14.3 Å². The fraction of sp³-hybridized carbons (Fsp3) is 0.640. The van der Waals surface area contributed by atoms with Gasteiger partial charge in [-0.05, 0) is 30.9 Å². The van der Waals surface area contributed by atoms with Crippen molar-refractivity contribution in [3.8, 4) is 0 Å². The zero-order valence-electron chi connectivity index (χ0n) is 20.9. The fourth-order valence-corrected chi connectivity index (χ4v) is 5.00. The van der Waals surface area contributed by atoms with Crippen LogP contribution in [0.3, 0.4) is 0 Å². The number of amides is 2. The first kappa shape index (κ1) is 29.4. The highest BCUT2D eigenvalue weighted by atomic mass is 35.5. The van der Waals surface area contributed by atoms with E-state index in [1.165, 1.54) is 0 Å². The van der Waals surface area contributed by atoms with Crippen LogP contribution in [0.1, 0.15) is 44.2 Å². The molecule has 3 heterocycles. The summed E-state index contributed by atoms with van der Waals surface area (Å²) in [6, 6.07) is 7.89. The van der Waals surface area contributed by atoms with E-state index in [0.29, 0.717) is 64.1 Å². The predicted octanol–water partition coefficient (Wildman–Crippen LogP) is 3.23. The van der Waals surface area contributed by atoms with Gasteiger partial charge in [-0.15, -0.1) is 24.8 Å². The molecule has 2 amide bonds. The Hall–Kier alpha value is -1.87. The molecule has 2 aromatic rings. The molecule has 0 bridgehead atoms. The Balaban J connectivity index is 0.00000216. The number of carbonyl (C=O) groups excluding carboxylic acids is 2. The molecule has 0 aliphatic carbocycles. The maximum absolute atomic E-state index is 13.9. The number of ether oxygens (including phenoxy) is 1. The minimum atomic E-state index is -0.126. The Bertz CT molecular complexity index is 977. The van der Waals surface area contributed by atoms with Gasteiger partial charge < -0.3 is 24.4 Å². The van der Waals surface area contributed by atoms with Gasteiger partial charge in [0.15, 0.2) is 5.82 Å². The molecule has 10 heteroatoms. The number of nitrogens with one attached hydrogen (secondary N) is 1. The lowest BCUT2D eigenvalue weighted by atomic mass is 9.92. The van der Waals surface area contributed by atoms with Crippen molar-refractivity contribution in [1.82, 2.24) is 24.7 Å². The molecule has 1 aromatic carbocycles. The van der Waals surface area contributed by atoms with Gasteiger partial charge in [-0.2, -0.15) is 0 Å². The number of fused-ring (bicyclic) bond motifs is 1. The highest BCUT2D eigenvalue weighted by molar-refractivity contribution is 5.95. The van der Waals surface area contributed by atoms with Gasteiger partial charge in [-0.25, -0.2) is 4.98 Å². The second kappa shape index (κ2) is 13.4. The van der Waals surface area contributed by atoms with Crippen LogP contribution in [0.5, 0.6) is 0 Å². The van der Waals surface area contributed by atoms with E-state index in [1.54, 1.807) is 0 Å². The monoisotopic (exact) mass is 527 g/mol. The first-order valence-corrected chi connectivity index (χ1v) is 12.3. The molecule has 0 saturated carbocycles. The third-order valence-corrected chi connectivity index (χ3v) is 6.56. The van der Waals surface area contributed by atoms with Crippen molar-refractivity contribution >= 4 is 47.7 Å². The number of para-hydroxylation sites is 2. The summed E-state index contributed by atoms with van der Waals surface area (Å²) in [7, 11) is 0. The summed E-state index contributed by atoms with van der Waals surface area (Å²) < 4.78 is 7.46. The molecule has 1 N–H and O–H groups in total. The van der Waals surface area contributed by atoms with Crippen molar-refractivity contribution in [1.29, 1.82) is 0 Å². The van der Waals surface area contributed by atoms with Gasteiger partial charge in [0.1, 0.15) is 0 Å². The van der Waals surface area contributed by atoms with Crippen LogP contribution in [0.25, 0.3) is 11.0 Å². The third kappa shape index (κ3) is 6.67. The lowest BCUT2D eigenvalue weighted by Crippen LogP contribution is -2.56. The van der Waals surface area contributed by atoms with E-state index >= 15 is 0 Å². The average Bonchev–Trinajstić information content (AvgIpc) is 3.21. The van der Waals surface area contributed by atoms with E-state index in [0.717, 1.165) is 24.0 Å². The number of carbonyl (C=O) groups is 2. The number of rotatable bonds is 7. The SMILES string of the molecule is CCCn1c(C(=O)N(CC(C)C)[C@@H]2CNC[C@H](C(=O)N3CCOCC3)C2)nc2ccccc21.Cl.Cl. The first-order chi connectivity index (χ1) is 16.0. The molecule has 2 atom stereocenters. The van der Waals surface area contributed by atoms with Crippen molar-refractivity contribution in [3.63, 3.8) is 0 Å². The van der Waals surface area contributed by atoms with Crippen LogP contribution in [-0.2, 0) is 16.1 Å². The van der Waals surface area contributed by atoms with Crippen molar-refractivity contribution in [2.24, 2.45) is 11.8 Å². The Labute approximate surface area is 220 Å². The fourth-order valence-electron chi connectivity index (χ4n) is 5.00. The minimum absolute atomic E-state index is 0. The predicted molar refractivity (Wildman–Crippen MR) is 143 cm³/mol. The Morgan fingerprint density at radius 3 is 2.57 bits per heavy atom. The van der Waals surface area contributed by atoms with E-state index in [2.05, 4.69) is 30.7 Å². The van der Waals surface area contributed by atoms with Crippen molar-refractivity contribution in [2.75, 3.05) is 45.9 Å². The number of halogens is 2. The quantitative estimate of drug-likeness (QED) is 0.597. The number of morpholine rings is 1. The largest absolute Gasteiger partial charge is 0.378 e. The van der Waals surface area contributed by atoms with E-state index in [4.69, 9.17) is 9.72 Å². The highest BCUT2D eigenvalue weighted by Gasteiger charge is 2.36. The maximum atomic E-state index is 13.9. The summed E-state index contributed by atoms with van der Waals surface area (Å²) in [6.07, 6.45) is 1.60. The number of aryl methyl sites for hydroxylation is 1. The highest BCUT2D eigenvalue weighted by Crippen LogP contribution is 2.24. The van der Waals surface area contributed by atoms with Crippen LogP contribution in [-0.4, -0.2) is 83.1 Å². The summed E-state index contributed by atoms with van der Waals surface area (Å²) in [5.41, 5.74) is 1.84. The molecule has 0 unspecified atom stereocenters. The number of hydrogen-bond acceptors (Lipinski definition) is 5. The Kier molecular flexibility index (Phi) is 11.3. The van der Waals surface area contributed by atoms with E-state index in [1.807, 2.05) is 34.1 Å². The normalized spacial score (nSPS) is 20.3. The summed E-state index contributed by atoms with van der Waals surface area (Å²) in [5.74, 6) is 0.817. The molecule has 196 valence electrons. The number of imidazole rings is 1. The number of benzene rings is 1. The zero-order valence-corrected chi connectivity index (χ0v) is 22.6. The van der Waals surface area contributed by atoms with E-state index in [9.17, 15) is 9.59 Å². The molecule has 2 saturated heterocycles. The van der Waals surface area contributed by atoms with E-state index in [-0.39, 0.29) is 48.6 Å². The molecule has 2 aliphatic rings. The first-order valence-electron chi connectivity index (χ1n) is 12.3. The number of hydrogen-bond donors (Lipinski definition) is 1. The zero-order chi connectivity index (χ0) is 23.4. The van der Waals surface area contributed by atoms with Gasteiger partial charge in [0, 0.05) is 45.3 Å². The van der Waals surface area contributed by atoms with Crippen LogP contribution in [0.2, 0.25) is 0 Å². The standard InChI is InChI=1S/C25H37N5O3.2ClH/c1-4-9-29-22-8-6-5-7-21(22)27-23(29)25(32)30(17-18(2)3)20-14-19(15-26-16-20)24(31)28-10-12-33-13-11-28;;/h5-8,18-20,26H,4,9-17H2,1-3H3;2*1H/t19-,20+;;/m1../s1. The maximum Gasteiger partial charge on any atom is 0.290 e. The molecule has 8 nitrogen and oxygen atoms in total. The molecule has 2 fully saturated rings. The Morgan fingerprint density at radius 2 is 1.89 bits per heavy atom. The average molecular weight is 529 g/mol. The van der Waals surface area contributed by atoms with Gasteiger partial charge in [0.25, 0.3) is 5.91 Å². The van der Waals surface area contributed by atoms with Gasteiger partial charge >= 0.3 is 0 Å². The molecule has 35 heavy (non-hydrogen) atoms. The van der Waals surface area contributed by atoms with Crippen LogP contribution in [0.15, 0.2) is 24.3 Å². The summed E-state index contributed by atoms with van der Waals surface area (Å²) in [5, 5.41) is 3.43. The van der Waals surface area contributed by atoms with Crippen LogP contribution in [0, 0.1) is 11.8 Å². The second-order valence-electron chi connectivity index (χ2n) is 9.61. The summed E-state index contributed by atoms with van der Waals surface area (Å²) >= 11 is 0. The third-order valence-electron chi connectivity index (χ3n) is 6.56. The van der Waals surface area contributed by atoms with Gasteiger partial charge in [0.2, 0.25) is 5.91 Å². The van der Waals surface area contributed by atoms with Gasteiger partial charge in [0.05, 0.1) is 30.2 Å².